The van der Waals surface area contributed by atoms with Gasteiger partial charge in [-0.1, -0.05) is 267 Å². The lowest BCUT2D eigenvalue weighted by atomic mass is 9.91. The molecular formula is C104H58N6S2. The minimum atomic E-state index is 0.665. The molecule has 0 bridgehead atoms. The summed E-state index contributed by atoms with van der Waals surface area (Å²) in [4.78, 5) is 22.3. The molecule has 6 aromatic heterocycles. The fourth-order valence-corrected chi connectivity index (χ4v) is 21.1. The lowest BCUT2D eigenvalue weighted by molar-refractivity contribution is 1.02. The van der Waals surface area contributed by atoms with Gasteiger partial charge in [0, 0.05) is 99.9 Å². The number of hydrogen-bond acceptors (Lipinski definition) is 6. The normalized spacial score (nSPS) is 12.3. The molecule has 6 heterocycles. The summed E-state index contributed by atoms with van der Waals surface area (Å²) >= 11 is 3.68. The third-order valence-corrected chi connectivity index (χ3v) is 26.2. The van der Waals surface area contributed by atoms with Crippen molar-refractivity contribution in [2.45, 2.75) is 0 Å². The van der Waals surface area contributed by atoms with Gasteiger partial charge in [-0.05, 0) is 176 Å². The summed E-state index contributed by atoms with van der Waals surface area (Å²) in [6.45, 7) is 0. The molecule has 0 atom stereocenters. The SMILES string of the molecule is c1ccc2cc3c(cc2c1)c1c2c4ccccc4c4ccccc4c2ccc1n3-c1nc(-c2ccc3sc4ccccc4c3c2)c2c(ccc3ccccc32)n1.c1ccc2cc3c(cc2c1)c1c2c4ccccc4c4ccccc4c2ccc1n3-c1nc(-c2ccc3sc4ccccc4c3c2)c2ccc3ccccc3c2n1. The zero-order valence-corrected chi connectivity index (χ0v) is 61.6. The van der Waals surface area contributed by atoms with Crippen LogP contribution in [0.5, 0.6) is 0 Å². The molecule has 20 aromatic carbocycles. The van der Waals surface area contributed by atoms with Crippen LogP contribution in [0.25, 0.3) is 248 Å². The van der Waals surface area contributed by atoms with Crippen LogP contribution in [0.4, 0.5) is 0 Å². The Morgan fingerprint density at radius 3 is 1.05 bits per heavy atom. The molecular weight excluding hydrogens is 1400 g/mol. The van der Waals surface area contributed by atoms with E-state index in [9.17, 15) is 0 Å². The second-order valence-corrected chi connectivity index (χ2v) is 31.9. The van der Waals surface area contributed by atoms with E-state index < -0.39 is 0 Å². The number of hydrogen-bond donors (Lipinski definition) is 0. The fourth-order valence-electron chi connectivity index (χ4n) is 18.9. The van der Waals surface area contributed by atoms with E-state index in [1.54, 1.807) is 0 Å². The van der Waals surface area contributed by atoms with Gasteiger partial charge < -0.3 is 0 Å². The Morgan fingerprint density at radius 1 is 0.188 bits per heavy atom. The van der Waals surface area contributed by atoms with E-state index in [0.29, 0.717) is 11.9 Å². The Labute approximate surface area is 646 Å². The first-order valence-corrected chi connectivity index (χ1v) is 39.8. The lowest BCUT2D eigenvalue weighted by Gasteiger charge is -2.14. The average Bonchev–Trinajstić information content (AvgIpc) is 1.42. The van der Waals surface area contributed by atoms with Gasteiger partial charge in [-0.25, -0.2) is 19.9 Å². The zero-order chi connectivity index (χ0) is 73.0. The van der Waals surface area contributed by atoms with Crippen molar-refractivity contribution in [3.63, 3.8) is 0 Å². The number of fused-ring (bicyclic) bond motifs is 34. The average molecular weight is 1460 g/mol. The molecule has 0 unspecified atom stereocenters. The highest BCUT2D eigenvalue weighted by Crippen LogP contribution is 2.49. The largest absolute Gasteiger partial charge is 0.278 e. The Hall–Kier alpha value is -14.3. The van der Waals surface area contributed by atoms with Gasteiger partial charge in [0.15, 0.2) is 0 Å². The second-order valence-electron chi connectivity index (χ2n) is 29.8. The summed E-state index contributed by atoms with van der Waals surface area (Å²) in [5.41, 5.74) is 10.3. The maximum Gasteiger partial charge on any atom is 0.235 e. The molecule has 516 valence electrons. The molecule has 0 saturated carbocycles. The summed E-state index contributed by atoms with van der Waals surface area (Å²) in [6, 6.07) is 128. The van der Waals surface area contributed by atoms with Crippen LogP contribution in [0.2, 0.25) is 0 Å². The van der Waals surface area contributed by atoms with E-state index in [1.807, 2.05) is 22.7 Å². The van der Waals surface area contributed by atoms with Gasteiger partial charge in [0.05, 0.1) is 44.5 Å². The van der Waals surface area contributed by atoms with Crippen LogP contribution in [-0.4, -0.2) is 29.1 Å². The summed E-state index contributed by atoms with van der Waals surface area (Å²) in [5, 5.41) is 36.5. The molecule has 8 heteroatoms. The van der Waals surface area contributed by atoms with Crippen LogP contribution >= 0.6 is 22.7 Å². The quantitative estimate of drug-likeness (QED) is 0.165. The van der Waals surface area contributed by atoms with Crippen molar-refractivity contribution in [2.75, 3.05) is 0 Å². The van der Waals surface area contributed by atoms with Crippen LogP contribution < -0.4 is 0 Å². The monoisotopic (exact) mass is 1450 g/mol. The Kier molecular flexibility index (Phi) is 13.0. The number of aromatic nitrogens is 6. The molecule has 0 saturated heterocycles. The van der Waals surface area contributed by atoms with Gasteiger partial charge in [0.2, 0.25) is 11.9 Å². The van der Waals surface area contributed by atoms with Crippen LogP contribution in [0.1, 0.15) is 0 Å². The van der Waals surface area contributed by atoms with Crippen molar-refractivity contribution in [1.29, 1.82) is 0 Å². The predicted molar refractivity (Wildman–Crippen MR) is 479 cm³/mol. The molecule has 0 aliphatic carbocycles. The van der Waals surface area contributed by atoms with Crippen molar-refractivity contribution in [3.05, 3.63) is 352 Å². The first-order valence-electron chi connectivity index (χ1n) is 38.1. The summed E-state index contributed by atoms with van der Waals surface area (Å²) < 4.78 is 9.78. The molecule has 0 radical (unpaired) electrons. The molecule has 0 N–H and O–H groups in total. The van der Waals surface area contributed by atoms with E-state index in [1.165, 1.54) is 153 Å². The number of nitrogens with zero attached hydrogens (tertiary/aromatic N) is 6. The summed E-state index contributed by atoms with van der Waals surface area (Å²) in [5.74, 6) is 1.33. The van der Waals surface area contributed by atoms with Gasteiger partial charge in [-0.2, -0.15) is 0 Å². The van der Waals surface area contributed by atoms with Gasteiger partial charge >= 0.3 is 0 Å². The maximum atomic E-state index is 5.66. The number of benzene rings is 20. The van der Waals surface area contributed by atoms with Crippen molar-refractivity contribution in [3.8, 4) is 34.4 Å². The van der Waals surface area contributed by atoms with Crippen molar-refractivity contribution in [2.24, 2.45) is 0 Å². The summed E-state index contributed by atoms with van der Waals surface area (Å²) in [7, 11) is 0. The van der Waals surface area contributed by atoms with E-state index in [2.05, 4.69) is 361 Å². The Balaban J connectivity index is 0.000000127. The molecule has 0 aliphatic rings. The predicted octanol–water partition coefficient (Wildman–Crippen LogP) is 29.1. The molecule has 0 fully saturated rings. The molecule has 26 aromatic rings. The summed E-state index contributed by atoms with van der Waals surface area (Å²) in [6.07, 6.45) is 0. The second kappa shape index (κ2) is 23.6. The molecule has 26 rings (SSSR count). The highest BCUT2D eigenvalue weighted by Gasteiger charge is 2.26. The number of thiophene rings is 2. The first kappa shape index (κ1) is 61.7. The van der Waals surface area contributed by atoms with Crippen LogP contribution in [0.3, 0.4) is 0 Å². The minimum Gasteiger partial charge on any atom is -0.278 e. The molecule has 0 aliphatic heterocycles. The zero-order valence-electron chi connectivity index (χ0n) is 60.0. The Morgan fingerprint density at radius 2 is 0.545 bits per heavy atom. The molecule has 0 spiro atoms. The first-order chi connectivity index (χ1) is 55.5. The minimum absolute atomic E-state index is 0.665. The van der Waals surface area contributed by atoms with Gasteiger partial charge in [-0.3, -0.25) is 9.13 Å². The van der Waals surface area contributed by atoms with Gasteiger partial charge in [0.1, 0.15) is 0 Å². The molecule has 0 amide bonds. The standard InChI is InChI=1S/2C52H29N3S/c1-2-13-32-29-45-42(27-31(32)12-1)50-44(25-23-40-37-17-6-5-15-35(37)36-16-7-8-19-39(36)48(40)50)55(45)52-53-43-24-21-30-11-3-4-14-34(30)49(43)51(54-52)33-22-26-47-41(28-33)38-18-9-10-20-46(38)56-47;1-2-13-32-29-45-43(27-31(32)12-1)49-44(25-24-40-37-17-6-5-15-35(37)36-16-7-8-19-39(36)48(40)49)55(45)52-53-50(41-23-21-30-11-3-4-14-34(30)51(41)54-52)33-22-26-47-42(28-33)38-18-9-10-20-46(38)56-47/h2*1-29H. The lowest BCUT2D eigenvalue weighted by Crippen LogP contribution is -2.04. The topological polar surface area (TPSA) is 61.4 Å². The molecule has 6 nitrogen and oxygen atoms in total. The van der Waals surface area contributed by atoms with Crippen molar-refractivity contribution < 1.29 is 0 Å². The van der Waals surface area contributed by atoms with E-state index in [4.69, 9.17) is 19.9 Å². The van der Waals surface area contributed by atoms with Crippen LogP contribution in [-0.2, 0) is 0 Å². The van der Waals surface area contributed by atoms with E-state index in [0.717, 1.165) is 82.5 Å². The van der Waals surface area contributed by atoms with E-state index >= 15 is 0 Å². The van der Waals surface area contributed by atoms with Crippen LogP contribution in [0.15, 0.2) is 352 Å². The Bertz CT molecular complexity index is 8610. The maximum absolute atomic E-state index is 5.66. The van der Waals surface area contributed by atoms with Gasteiger partial charge in [-0.15, -0.1) is 22.7 Å². The van der Waals surface area contributed by atoms with E-state index in [-0.39, 0.29) is 0 Å². The third kappa shape index (κ3) is 8.95. The molecule has 112 heavy (non-hydrogen) atoms. The van der Waals surface area contributed by atoms with Gasteiger partial charge in [0.25, 0.3) is 0 Å². The fraction of sp³-hybridized carbons (Fsp3) is 0. The highest BCUT2D eigenvalue weighted by atomic mass is 32.1. The van der Waals surface area contributed by atoms with Crippen LogP contribution in [0, 0.1) is 0 Å². The van der Waals surface area contributed by atoms with Crippen molar-refractivity contribution >= 4 is 236 Å². The highest BCUT2D eigenvalue weighted by molar-refractivity contribution is 7.26. The number of rotatable bonds is 4. The van der Waals surface area contributed by atoms with Crippen molar-refractivity contribution in [1.82, 2.24) is 29.1 Å². The smallest absolute Gasteiger partial charge is 0.235 e. The third-order valence-electron chi connectivity index (χ3n) is 23.9.